The normalized spacial score (nSPS) is 18.2. The van der Waals surface area contributed by atoms with Gasteiger partial charge in [0.2, 0.25) is 0 Å². The number of hydrogen-bond donors (Lipinski definition) is 0. The van der Waals surface area contributed by atoms with Crippen molar-refractivity contribution in [2.24, 2.45) is 0 Å². The van der Waals surface area contributed by atoms with Gasteiger partial charge >= 0.3 is 5.97 Å². The maximum atomic E-state index is 13.4. The van der Waals surface area contributed by atoms with E-state index in [9.17, 15) is 9.59 Å². The fourth-order valence-electron chi connectivity index (χ4n) is 3.58. The zero-order valence-electron chi connectivity index (χ0n) is 17.3. The van der Waals surface area contributed by atoms with Crippen molar-refractivity contribution in [1.82, 2.24) is 19.9 Å². The molecule has 2 aromatic carbocycles. The molecule has 1 unspecified atom stereocenters. The highest BCUT2D eigenvalue weighted by Gasteiger charge is 2.44. The van der Waals surface area contributed by atoms with Crippen molar-refractivity contribution in [3.63, 3.8) is 0 Å². The Labute approximate surface area is 185 Å². The summed E-state index contributed by atoms with van der Waals surface area (Å²) in [6, 6.07) is 19.1. The predicted molar refractivity (Wildman–Crippen MR) is 118 cm³/mol. The summed E-state index contributed by atoms with van der Waals surface area (Å²) in [6.45, 7) is 2.65. The highest BCUT2D eigenvalue weighted by Crippen LogP contribution is 2.42. The highest BCUT2D eigenvalue weighted by atomic mass is 32.2. The van der Waals surface area contributed by atoms with Crippen LogP contribution in [0.4, 0.5) is 0 Å². The number of rotatable bonds is 7. The maximum Gasteiger partial charge on any atom is 0.329 e. The van der Waals surface area contributed by atoms with Crippen LogP contribution in [0.1, 0.15) is 33.9 Å². The number of ether oxygens (including phenoxy) is 1. The van der Waals surface area contributed by atoms with Crippen molar-refractivity contribution in [2.75, 3.05) is 12.4 Å². The summed E-state index contributed by atoms with van der Waals surface area (Å²) in [5.74, 6) is -0.229. The van der Waals surface area contributed by atoms with Gasteiger partial charge in [-0.3, -0.25) is 9.48 Å². The summed E-state index contributed by atoms with van der Waals surface area (Å²) in [7, 11) is 0. The van der Waals surface area contributed by atoms with Gasteiger partial charge in [-0.25, -0.2) is 4.79 Å². The first-order chi connectivity index (χ1) is 15.2. The minimum absolute atomic E-state index is 0.228. The van der Waals surface area contributed by atoms with Crippen LogP contribution in [0.2, 0.25) is 0 Å². The smallest absolute Gasteiger partial charge is 0.329 e. The van der Waals surface area contributed by atoms with E-state index in [2.05, 4.69) is 22.4 Å². The molecule has 7 nitrogen and oxygen atoms in total. The summed E-state index contributed by atoms with van der Waals surface area (Å²) in [4.78, 5) is 27.6. The predicted octanol–water partition coefficient (Wildman–Crippen LogP) is 3.34. The lowest BCUT2D eigenvalue weighted by Gasteiger charge is -2.27. The molecule has 0 bridgehead atoms. The first-order valence-corrected chi connectivity index (χ1v) is 11.3. The number of thioether (sulfide) groups is 1. The number of esters is 1. The Morgan fingerprint density at radius 3 is 2.52 bits per heavy atom. The van der Waals surface area contributed by atoms with E-state index in [0.29, 0.717) is 12.3 Å². The zero-order chi connectivity index (χ0) is 21.6. The van der Waals surface area contributed by atoms with Gasteiger partial charge in [-0.1, -0.05) is 65.9 Å². The van der Waals surface area contributed by atoms with Crippen molar-refractivity contribution in [2.45, 2.75) is 31.3 Å². The Morgan fingerprint density at radius 2 is 1.81 bits per heavy atom. The molecule has 8 heteroatoms. The van der Waals surface area contributed by atoms with E-state index in [1.807, 2.05) is 48.5 Å². The zero-order valence-corrected chi connectivity index (χ0v) is 18.1. The van der Waals surface area contributed by atoms with Gasteiger partial charge in [-0.2, -0.15) is 0 Å². The van der Waals surface area contributed by atoms with Gasteiger partial charge in [-0.15, -0.1) is 16.9 Å². The average molecular weight is 437 g/mol. The van der Waals surface area contributed by atoms with Crippen LogP contribution < -0.4 is 0 Å². The monoisotopic (exact) mass is 436 g/mol. The van der Waals surface area contributed by atoms with Crippen LogP contribution in [0.15, 0.2) is 66.9 Å². The average Bonchev–Trinajstić information content (AvgIpc) is 3.46. The lowest BCUT2D eigenvalue weighted by Crippen LogP contribution is -2.44. The third kappa shape index (κ3) is 4.80. The lowest BCUT2D eigenvalue weighted by molar-refractivity contribution is -0.147. The number of benzene rings is 2. The summed E-state index contributed by atoms with van der Waals surface area (Å²) in [5, 5.41) is 7.95. The van der Waals surface area contributed by atoms with Crippen LogP contribution in [0.25, 0.3) is 0 Å². The second kappa shape index (κ2) is 9.78. The summed E-state index contributed by atoms with van der Waals surface area (Å²) in [5.41, 5.74) is 2.38. The van der Waals surface area contributed by atoms with Crippen LogP contribution in [-0.2, 0) is 22.5 Å². The van der Waals surface area contributed by atoms with E-state index in [4.69, 9.17) is 4.74 Å². The minimum atomic E-state index is -0.655. The molecule has 1 fully saturated rings. The van der Waals surface area contributed by atoms with Crippen molar-refractivity contribution < 1.29 is 14.3 Å². The summed E-state index contributed by atoms with van der Waals surface area (Å²) in [6.07, 6.45) is 2.44. The molecule has 0 aliphatic carbocycles. The van der Waals surface area contributed by atoms with E-state index in [-0.39, 0.29) is 23.6 Å². The molecule has 4 rings (SSSR count). The first-order valence-electron chi connectivity index (χ1n) is 10.3. The van der Waals surface area contributed by atoms with Crippen LogP contribution in [0.5, 0.6) is 0 Å². The topological polar surface area (TPSA) is 77.3 Å². The molecule has 1 aromatic heterocycles. The SMILES string of the molecule is CCOC(=O)[C@@H]1CSC(c2ccccc2)N1C(=O)c1cn(CCc2ccccc2)nn1. The molecule has 1 saturated heterocycles. The second-order valence-electron chi connectivity index (χ2n) is 7.18. The molecule has 160 valence electrons. The molecule has 2 heterocycles. The molecular weight excluding hydrogens is 412 g/mol. The van der Waals surface area contributed by atoms with Gasteiger partial charge in [0.05, 0.1) is 12.8 Å². The maximum absolute atomic E-state index is 13.4. The van der Waals surface area contributed by atoms with Gasteiger partial charge < -0.3 is 9.64 Å². The molecule has 0 N–H and O–H groups in total. The van der Waals surface area contributed by atoms with Crippen molar-refractivity contribution in [1.29, 1.82) is 0 Å². The van der Waals surface area contributed by atoms with Crippen LogP contribution in [0.3, 0.4) is 0 Å². The molecule has 1 aliphatic rings. The van der Waals surface area contributed by atoms with E-state index in [1.54, 1.807) is 34.5 Å². The number of carbonyl (C=O) groups is 2. The molecule has 0 spiro atoms. The third-order valence-corrected chi connectivity index (χ3v) is 6.43. The van der Waals surface area contributed by atoms with Gasteiger partial charge in [0.1, 0.15) is 11.4 Å². The largest absolute Gasteiger partial charge is 0.464 e. The highest BCUT2D eigenvalue weighted by molar-refractivity contribution is 7.99. The van der Waals surface area contributed by atoms with E-state index in [1.165, 1.54) is 5.56 Å². The number of amides is 1. The molecule has 1 amide bonds. The van der Waals surface area contributed by atoms with Gasteiger partial charge in [0, 0.05) is 12.3 Å². The van der Waals surface area contributed by atoms with E-state index in [0.717, 1.165) is 12.0 Å². The Balaban J connectivity index is 1.54. The minimum Gasteiger partial charge on any atom is -0.464 e. The molecule has 0 radical (unpaired) electrons. The molecular formula is C23H24N4O3S. The fourth-order valence-corrected chi connectivity index (χ4v) is 4.99. The van der Waals surface area contributed by atoms with Crippen molar-refractivity contribution in [3.05, 3.63) is 83.7 Å². The lowest BCUT2D eigenvalue weighted by atomic mass is 10.1. The van der Waals surface area contributed by atoms with Gasteiger partial charge in [0.25, 0.3) is 5.91 Å². The Bertz CT molecular complexity index is 1030. The van der Waals surface area contributed by atoms with Crippen LogP contribution in [0, 0.1) is 0 Å². The Hall–Kier alpha value is -3.13. The number of aromatic nitrogens is 3. The number of aryl methyl sites for hydroxylation is 2. The van der Waals surface area contributed by atoms with Crippen molar-refractivity contribution >= 4 is 23.6 Å². The number of hydrogen-bond acceptors (Lipinski definition) is 6. The number of nitrogens with zero attached hydrogens (tertiary/aromatic N) is 4. The van der Waals surface area contributed by atoms with E-state index < -0.39 is 12.0 Å². The van der Waals surface area contributed by atoms with Crippen LogP contribution in [-0.4, -0.2) is 50.2 Å². The Kier molecular flexibility index (Phi) is 6.66. The van der Waals surface area contributed by atoms with Crippen LogP contribution >= 0.6 is 11.8 Å². The second-order valence-corrected chi connectivity index (χ2v) is 8.29. The first kappa shape index (κ1) is 21.1. The summed E-state index contributed by atoms with van der Waals surface area (Å²) >= 11 is 1.55. The molecule has 31 heavy (non-hydrogen) atoms. The molecule has 0 saturated carbocycles. The standard InChI is InChI=1S/C23H24N4O3S/c1-2-30-23(29)20-16-31-22(18-11-7-4-8-12-18)27(20)21(28)19-15-26(25-24-19)14-13-17-9-5-3-6-10-17/h3-12,15,20,22H,2,13-14,16H2,1H3/t20-,22?/m0/s1. The fraction of sp³-hybridized carbons (Fsp3) is 0.304. The van der Waals surface area contributed by atoms with Gasteiger partial charge in [-0.05, 0) is 24.5 Å². The van der Waals surface area contributed by atoms with Gasteiger partial charge in [0.15, 0.2) is 5.69 Å². The van der Waals surface area contributed by atoms with E-state index >= 15 is 0 Å². The molecule has 2 atom stereocenters. The van der Waals surface area contributed by atoms with Crippen molar-refractivity contribution in [3.8, 4) is 0 Å². The molecule has 3 aromatic rings. The third-order valence-electron chi connectivity index (χ3n) is 5.11. The number of carbonyl (C=O) groups excluding carboxylic acids is 2. The quantitative estimate of drug-likeness (QED) is 0.529. The molecule has 1 aliphatic heterocycles. The summed E-state index contributed by atoms with van der Waals surface area (Å²) < 4.78 is 6.90. The Morgan fingerprint density at radius 1 is 1.10 bits per heavy atom.